The molecule has 2 aromatic heterocycles. The normalized spacial score (nSPS) is 20.7. The number of likely N-dealkylation sites (tertiary alicyclic amines) is 1. The van der Waals surface area contributed by atoms with Gasteiger partial charge in [-0.2, -0.15) is 0 Å². The number of aromatic nitrogens is 2. The molecule has 0 aliphatic carbocycles. The summed E-state index contributed by atoms with van der Waals surface area (Å²) in [5.74, 6) is 1.20. The van der Waals surface area contributed by atoms with Crippen molar-refractivity contribution in [3.05, 3.63) is 35.9 Å². The molecule has 3 heterocycles. The van der Waals surface area contributed by atoms with Crippen LogP contribution in [0.25, 0.3) is 5.52 Å². The number of fused-ring (bicyclic) bond motifs is 1. The zero-order valence-electron chi connectivity index (χ0n) is 12.1. The van der Waals surface area contributed by atoms with Crippen LogP contribution in [-0.4, -0.2) is 32.9 Å². The minimum absolute atomic E-state index is 0.640. The number of hydrogen-bond donors (Lipinski definition) is 0. The van der Waals surface area contributed by atoms with Crippen LogP contribution in [0.1, 0.15) is 38.1 Å². The highest BCUT2D eigenvalue weighted by Gasteiger charge is 2.27. The first-order valence-electron chi connectivity index (χ1n) is 7.33. The van der Waals surface area contributed by atoms with Crippen LogP contribution in [0.2, 0.25) is 0 Å². The molecular formula is C16H23N3. The van der Waals surface area contributed by atoms with Crippen molar-refractivity contribution >= 4 is 5.52 Å². The molecule has 0 amide bonds. The molecule has 0 radical (unpaired) electrons. The van der Waals surface area contributed by atoms with E-state index in [0.29, 0.717) is 12.1 Å². The minimum atomic E-state index is 0.640. The lowest BCUT2D eigenvalue weighted by atomic mass is 10.1. The van der Waals surface area contributed by atoms with E-state index >= 15 is 0 Å². The molecule has 3 rings (SSSR count). The number of pyridine rings is 1. The van der Waals surface area contributed by atoms with Crippen molar-refractivity contribution in [3.8, 4) is 0 Å². The van der Waals surface area contributed by atoms with Gasteiger partial charge in [0.15, 0.2) is 0 Å². The van der Waals surface area contributed by atoms with Gasteiger partial charge in [0.2, 0.25) is 0 Å². The van der Waals surface area contributed by atoms with E-state index in [2.05, 4.69) is 53.4 Å². The van der Waals surface area contributed by atoms with E-state index in [1.807, 2.05) is 6.20 Å². The molecule has 1 aliphatic heterocycles. The standard InChI is InChI=1S/C16H23N3/c1-12(2)18-7-4-5-14(18)10-16-17-11-15-9-13(3)6-8-19(15)16/h6,8-9,11-12,14H,4-5,7,10H2,1-3H3. The van der Waals surface area contributed by atoms with Crippen LogP contribution in [0.3, 0.4) is 0 Å². The monoisotopic (exact) mass is 257 g/mol. The number of hydrogen-bond acceptors (Lipinski definition) is 2. The molecule has 1 unspecified atom stereocenters. The Bertz CT molecular complexity index is 570. The number of rotatable bonds is 3. The lowest BCUT2D eigenvalue weighted by molar-refractivity contribution is 0.201. The summed E-state index contributed by atoms with van der Waals surface area (Å²) in [7, 11) is 0. The minimum Gasteiger partial charge on any atom is -0.304 e. The molecule has 1 fully saturated rings. The number of imidazole rings is 1. The van der Waals surface area contributed by atoms with Crippen LogP contribution in [-0.2, 0) is 6.42 Å². The fraction of sp³-hybridized carbons (Fsp3) is 0.562. The van der Waals surface area contributed by atoms with Gasteiger partial charge in [-0.05, 0) is 57.9 Å². The zero-order valence-corrected chi connectivity index (χ0v) is 12.1. The molecule has 102 valence electrons. The maximum atomic E-state index is 4.63. The van der Waals surface area contributed by atoms with Gasteiger partial charge in [-0.1, -0.05) is 0 Å². The van der Waals surface area contributed by atoms with Crippen molar-refractivity contribution in [3.63, 3.8) is 0 Å². The van der Waals surface area contributed by atoms with E-state index in [9.17, 15) is 0 Å². The third-order valence-electron chi connectivity index (χ3n) is 4.27. The topological polar surface area (TPSA) is 20.5 Å². The molecule has 1 atom stereocenters. The Kier molecular flexibility index (Phi) is 3.31. The van der Waals surface area contributed by atoms with Crippen LogP contribution < -0.4 is 0 Å². The van der Waals surface area contributed by atoms with Crippen molar-refractivity contribution < 1.29 is 0 Å². The maximum absolute atomic E-state index is 4.63. The zero-order chi connectivity index (χ0) is 13.4. The third-order valence-corrected chi connectivity index (χ3v) is 4.27. The predicted molar refractivity (Wildman–Crippen MR) is 78.5 cm³/mol. The van der Waals surface area contributed by atoms with Gasteiger partial charge in [-0.15, -0.1) is 0 Å². The van der Waals surface area contributed by atoms with Crippen molar-refractivity contribution in [2.45, 2.75) is 52.1 Å². The van der Waals surface area contributed by atoms with Crippen LogP contribution in [0.15, 0.2) is 24.5 Å². The molecule has 0 bridgehead atoms. The smallest absolute Gasteiger partial charge is 0.114 e. The SMILES string of the molecule is Cc1ccn2c(CC3CCCN3C(C)C)ncc2c1. The molecule has 19 heavy (non-hydrogen) atoms. The molecular weight excluding hydrogens is 234 g/mol. The van der Waals surface area contributed by atoms with Gasteiger partial charge >= 0.3 is 0 Å². The maximum Gasteiger partial charge on any atom is 0.114 e. The summed E-state index contributed by atoms with van der Waals surface area (Å²) in [6.07, 6.45) is 7.85. The van der Waals surface area contributed by atoms with Gasteiger partial charge in [0.1, 0.15) is 5.82 Å². The number of nitrogens with zero attached hydrogens (tertiary/aromatic N) is 3. The average molecular weight is 257 g/mol. The third kappa shape index (κ3) is 2.39. The first-order chi connectivity index (χ1) is 9.15. The fourth-order valence-corrected chi connectivity index (χ4v) is 3.29. The quantitative estimate of drug-likeness (QED) is 0.842. The van der Waals surface area contributed by atoms with Crippen LogP contribution in [0.5, 0.6) is 0 Å². The largest absolute Gasteiger partial charge is 0.304 e. The van der Waals surface area contributed by atoms with Crippen LogP contribution >= 0.6 is 0 Å². The Balaban J connectivity index is 1.85. The Hall–Kier alpha value is -1.35. The highest BCUT2D eigenvalue weighted by Crippen LogP contribution is 2.23. The van der Waals surface area contributed by atoms with E-state index < -0.39 is 0 Å². The summed E-state index contributed by atoms with van der Waals surface area (Å²) in [4.78, 5) is 7.25. The van der Waals surface area contributed by atoms with Gasteiger partial charge in [0.05, 0.1) is 11.7 Å². The second-order valence-electron chi connectivity index (χ2n) is 6.01. The lowest BCUT2D eigenvalue weighted by Gasteiger charge is -2.27. The van der Waals surface area contributed by atoms with Gasteiger partial charge in [0.25, 0.3) is 0 Å². The summed E-state index contributed by atoms with van der Waals surface area (Å²) in [6, 6.07) is 5.66. The molecule has 1 saturated heterocycles. The second-order valence-corrected chi connectivity index (χ2v) is 6.01. The van der Waals surface area contributed by atoms with Gasteiger partial charge in [0, 0.05) is 24.7 Å². The summed E-state index contributed by atoms with van der Waals surface area (Å²) in [5.41, 5.74) is 2.51. The average Bonchev–Trinajstić information content (AvgIpc) is 2.97. The summed E-state index contributed by atoms with van der Waals surface area (Å²) in [5, 5.41) is 0. The van der Waals surface area contributed by atoms with E-state index in [0.717, 1.165) is 6.42 Å². The first kappa shape index (κ1) is 12.7. The van der Waals surface area contributed by atoms with Crippen molar-refractivity contribution in [2.75, 3.05) is 6.54 Å². The van der Waals surface area contributed by atoms with Gasteiger partial charge in [-0.3, -0.25) is 4.90 Å². The molecule has 0 aromatic carbocycles. The van der Waals surface area contributed by atoms with Crippen molar-refractivity contribution in [1.29, 1.82) is 0 Å². The molecule has 1 aliphatic rings. The molecule has 2 aromatic rings. The van der Waals surface area contributed by atoms with Crippen LogP contribution in [0.4, 0.5) is 0 Å². The highest BCUT2D eigenvalue weighted by atomic mass is 15.2. The first-order valence-corrected chi connectivity index (χ1v) is 7.33. The van der Waals surface area contributed by atoms with E-state index in [-0.39, 0.29) is 0 Å². The fourth-order valence-electron chi connectivity index (χ4n) is 3.29. The molecule has 3 heteroatoms. The Labute approximate surface area is 115 Å². The molecule has 0 N–H and O–H groups in total. The van der Waals surface area contributed by atoms with E-state index in [1.165, 1.54) is 36.3 Å². The lowest BCUT2D eigenvalue weighted by Crippen LogP contribution is -2.37. The summed E-state index contributed by atoms with van der Waals surface area (Å²) in [6.45, 7) is 7.96. The van der Waals surface area contributed by atoms with Crippen LogP contribution in [0, 0.1) is 6.92 Å². The van der Waals surface area contributed by atoms with E-state index in [4.69, 9.17) is 0 Å². The predicted octanol–water partition coefficient (Wildman–Crippen LogP) is 3.06. The van der Waals surface area contributed by atoms with Crippen molar-refractivity contribution in [1.82, 2.24) is 14.3 Å². The van der Waals surface area contributed by atoms with E-state index in [1.54, 1.807) is 0 Å². The highest BCUT2D eigenvalue weighted by molar-refractivity contribution is 5.48. The van der Waals surface area contributed by atoms with Gasteiger partial charge < -0.3 is 4.40 Å². The molecule has 0 saturated carbocycles. The Morgan fingerprint density at radius 2 is 2.26 bits per heavy atom. The Morgan fingerprint density at radius 1 is 1.42 bits per heavy atom. The van der Waals surface area contributed by atoms with Gasteiger partial charge in [-0.25, -0.2) is 4.98 Å². The van der Waals surface area contributed by atoms with Crippen molar-refractivity contribution in [2.24, 2.45) is 0 Å². The molecule has 3 nitrogen and oxygen atoms in total. The Morgan fingerprint density at radius 3 is 3.05 bits per heavy atom. The summed E-state index contributed by atoms with van der Waals surface area (Å²) < 4.78 is 2.24. The second kappa shape index (κ2) is 4.97. The summed E-state index contributed by atoms with van der Waals surface area (Å²) >= 11 is 0. The number of aryl methyl sites for hydroxylation is 1. The molecule has 0 spiro atoms.